The molecule has 2 heterocycles. The van der Waals surface area contributed by atoms with E-state index in [0.717, 1.165) is 0 Å². The molecule has 114 valence electrons. The zero-order valence-corrected chi connectivity index (χ0v) is 12.6. The summed E-state index contributed by atoms with van der Waals surface area (Å²) in [5.74, 6) is -1.54. The number of ketones is 1. The SMILES string of the molecule is COC1CC(=O)[C@@H]2OC(C)(C)OC2C12COC(C)(C)O2. The average Bonchev–Trinajstić information content (AvgIpc) is 2.83. The molecule has 3 unspecified atom stereocenters. The first-order chi connectivity index (χ1) is 9.19. The lowest BCUT2D eigenvalue weighted by Crippen LogP contribution is -2.64. The molecule has 20 heavy (non-hydrogen) atoms. The summed E-state index contributed by atoms with van der Waals surface area (Å²) < 4.78 is 29.1. The molecule has 0 aromatic rings. The molecule has 0 bridgehead atoms. The van der Waals surface area contributed by atoms with Crippen LogP contribution in [0.15, 0.2) is 0 Å². The normalized spacial score (nSPS) is 45.9. The second kappa shape index (κ2) is 4.24. The first-order valence-corrected chi connectivity index (χ1v) is 6.94. The summed E-state index contributed by atoms with van der Waals surface area (Å²) in [5.41, 5.74) is -0.801. The predicted molar refractivity (Wildman–Crippen MR) is 68.1 cm³/mol. The van der Waals surface area contributed by atoms with Crippen molar-refractivity contribution in [3.05, 3.63) is 0 Å². The molecule has 4 atom stereocenters. The number of methoxy groups -OCH3 is 1. The van der Waals surface area contributed by atoms with Crippen LogP contribution in [0.25, 0.3) is 0 Å². The molecular formula is C14H22O6. The van der Waals surface area contributed by atoms with Crippen LogP contribution in [0.4, 0.5) is 0 Å². The third kappa shape index (κ3) is 2.02. The minimum absolute atomic E-state index is 0.00800. The molecule has 0 amide bonds. The van der Waals surface area contributed by atoms with Crippen molar-refractivity contribution >= 4 is 5.78 Å². The van der Waals surface area contributed by atoms with Gasteiger partial charge in [-0.05, 0) is 27.7 Å². The predicted octanol–water partition coefficient (Wildman–Crippen LogP) is 1.02. The van der Waals surface area contributed by atoms with Crippen molar-refractivity contribution in [1.82, 2.24) is 0 Å². The van der Waals surface area contributed by atoms with E-state index >= 15 is 0 Å². The zero-order valence-electron chi connectivity index (χ0n) is 12.6. The van der Waals surface area contributed by atoms with Gasteiger partial charge in [0.1, 0.15) is 12.2 Å². The highest BCUT2D eigenvalue weighted by Crippen LogP contribution is 2.48. The Bertz CT molecular complexity index is 431. The summed E-state index contributed by atoms with van der Waals surface area (Å²) in [6.45, 7) is 7.62. The van der Waals surface area contributed by atoms with Gasteiger partial charge in [-0.1, -0.05) is 0 Å². The van der Waals surface area contributed by atoms with Gasteiger partial charge in [-0.15, -0.1) is 0 Å². The number of carbonyl (C=O) groups is 1. The Morgan fingerprint density at radius 1 is 1.15 bits per heavy atom. The summed E-state index contributed by atoms with van der Waals surface area (Å²) in [5, 5.41) is 0. The van der Waals surface area contributed by atoms with Gasteiger partial charge in [0.15, 0.2) is 23.0 Å². The summed E-state index contributed by atoms with van der Waals surface area (Å²) in [6, 6.07) is 0. The van der Waals surface area contributed by atoms with Gasteiger partial charge in [0, 0.05) is 13.5 Å². The lowest BCUT2D eigenvalue weighted by molar-refractivity contribution is -0.238. The van der Waals surface area contributed by atoms with Gasteiger partial charge in [-0.2, -0.15) is 0 Å². The maximum Gasteiger partial charge on any atom is 0.167 e. The van der Waals surface area contributed by atoms with E-state index in [1.54, 1.807) is 21.0 Å². The highest BCUT2D eigenvalue weighted by Gasteiger charge is 2.67. The fraction of sp³-hybridized carbons (Fsp3) is 0.929. The lowest BCUT2D eigenvalue weighted by Gasteiger charge is -2.43. The third-order valence-corrected chi connectivity index (χ3v) is 4.19. The van der Waals surface area contributed by atoms with E-state index in [1.165, 1.54) is 0 Å². The van der Waals surface area contributed by atoms with Crippen LogP contribution in [0.2, 0.25) is 0 Å². The highest BCUT2D eigenvalue weighted by molar-refractivity contribution is 5.86. The van der Waals surface area contributed by atoms with E-state index < -0.39 is 35.5 Å². The molecule has 1 aliphatic carbocycles. The number of ether oxygens (including phenoxy) is 5. The second-order valence-corrected chi connectivity index (χ2v) is 6.62. The lowest BCUT2D eigenvalue weighted by atomic mass is 9.77. The van der Waals surface area contributed by atoms with Gasteiger partial charge in [0.2, 0.25) is 0 Å². The van der Waals surface area contributed by atoms with Crippen molar-refractivity contribution in [2.45, 2.75) is 69.6 Å². The molecule has 1 spiro atoms. The molecule has 3 aliphatic rings. The number of fused-ring (bicyclic) bond motifs is 2. The van der Waals surface area contributed by atoms with Crippen LogP contribution >= 0.6 is 0 Å². The molecule has 0 N–H and O–H groups in total. The van der Waals surface area contributed by atoms with Crippen molar-refractivity contribution in [1.29, 1.82) is 0 Å². The maximum atomic E-state index is 12.3. The van der Waals surface area contributed by atoms with Gasteiger partial charge in [0.25, 0.3) is 0 Å². The molecule has 2 aliphatic heterocycles. The number of hydrogen-bond acceptors (Lipinski definition) is 6. The Hall–Kier alpha value is -0.530. The third-order valence-electron chi connectivity index (χ3n) is 4.19. The van der Waals surface area contributed by atoms with Crippen molar-refractivity contribution in [3.8, 4) is 0 Å². The minimum atomic E-state index is -0.809. The summed E-state index contributed by atoms with van der Waals surface area (Å²) in [6.07, 6.45) is -1.27. The standard InChI is InChI=1S/C14H22O6/c1-12(2)17-7-14(20-12)9(16-5)6-8(15)10-11(14)19-13(3,4)18-10/h9-11H,6-7H2,1-5H3/t9?,10-,11?,14?/m0/s1. The van der Waals surface area contributed by atoms with Crippen LogP contribution in [-0.4, -0.2) is 55.0 Å². The summed E-state index contributed by atoms with van der Waals surface area (Å²) in [4.78, 5) is 12.3. The van der Waals surface area contributed by atoms with Crippen LogP contribution in [0, 0.1) is 0 Å². The molecule has 2 saturated heterocycles. The molecule has 3 rings (SSSR count). The van der Waals surface area contributed by atoms with Gasteiger partial charge in [-0.25, -0.2) is 0 Å². The minimum Gasteiger partial charge on any atom is -0.378 e. The van der Waals surface area contributed by atoms with Crippen LogP contribution in [-0.2, 0) is 28.5 Å². The first-order valence-electron chi connectivity index (χ1n) is 6.94. The van der Waals surface area contributed by atoms with E-state index in [4.69, 9.17) is 23.7 Å². The molecule has 0 radical (unpaired) electrons. The van der Waals surface area contributed by atoms with Crippen molar-refractivity contribution in [2.24, 2.45) is 0 Å². The Balaban J connectivity index is 1.99. The fourth-order valence-corrected chi connectivity index (χ4v) is 3.39. The van der Waals surface area contributed by atoms with E-state index in [1.807, 2.05) is 13.8 Å². The summed E-state index contributed by atoms with van der Waals surface area (Å²) in [7, 11) is 1.58. The maximum absolute atomic E-state index is 12.3. The van der Waals surface area contributed by atoms with E-state index in [-0.39, 0.29) is 12.2 Å². The van der Waals surface area contributed by atoms with Crippen molar-refractivity contribution in [3.63, 3.8) is 0 Å². The monoisotopic (exact) mass is 286 g/mol. The Kier molecular flexibility index (Phi) is 3.05. The number of hydrogen-bond donors (Lipinski definition) is 0. The zero-order chi connectivity index (χ0) is 14.8. The molecular weight excluding hydrogens is 264 g/mol. The Morgan fingerprint density at radius 3 is 2.40 bits per heavy atom. The molecule has 0 aromatic heterocycles. The van der Waals surface area contributed by atoms with Crippen molar-refractivity contribution < 1.29 is 28.5 Å². The van der Waals surface area contributed by atoms with Gasteiger partial charge < -0.3 is 23.7 Å². The average molecular weight is 286 g/mol. The molecule has 6 nitrogen and oxygen atoms in total. The first kappa shape index (κ1) is 14.4. The van der Waals surface area contributed by atoms with Gasteiger partial charge in [-0.3, -0.25) is 4.79 Å². The number of Topliss-reactive ketones (excluding diaryl/α,β-unsaturated/α-hetero) is 1. The van der Waals surface area contributed by atoms with Crippen LogP contribution in [0.1, 0.15) is 34.1 Å². The van der Waals surface area contributed by atoms with E-state index in [2.05, 4.69) is 0 Å². The molecule has 3 fully saturated rings. The summed E-state index contributed by atoms with van der Waals surface area (Å²) >= 11 is 0. The van der Waals surface area contributed by atoms with Crippen LogP contribution in [0.5, 0.6) is 0 Å². The Morgan fingerprint density at radius 2 is 1.85 bits per heavy atom. The van der Waals surface area contributed by atoms with Crippen LogP contribution in [0.3, 0.4) is 0 Å². The molecule has 6 heteroatoms. The van der Waals surface area contributed by atoms with Crippen molar-refractivity contribution in [2.75, 3.05) is 13.7 Å². The smallest absolute Gasteiger partial charge is 0.167 e. The quantitative estimate of drug-likeness (QED) is 0.717. The Labute approximate surface area is 118 Å². The fourth-order valence-electron chi connectivity index (χ4n) is 3.39. The largest absolute Gasteiger partial charge is 0.378 e. The topological polar surface area (TPSA) is 63.2 Å². The van der Waals surface area contributed by atoms with Gasteiger partial charge >= 0.3 is 0 Å². The van der Waals surface area contributed by atoms with Gasteiger partial charge in [0.05, 0.1) is 12.7 Å². The number of carbonyl (C=O) groups excluding carboxylic acids is 1. The van der Waals surface area contributed by atoms with Crippen LogP contribution < -0.4 is 0 Å². The van der Waals surface area contributed by atoms with E-state index in [0.29, 0.717) is 6.61 Å². The number of rotatable bonds is 1. The second-order valence-electron chi connectivity index (χ2n) is 6.62. The van der Waals surface area contributed by atoms with E-state index in [9.17, 15) is 4.79 Å². The molecule has 0 aromatic carbocycles. The molecule has 1 saturated carbocycles. The highest BCUT2D eigenvalue weighted by atomic mass is 16.8.